The van der Waals surface area contributed by atoms with Crippen molar-refractivity contribution in [2.45, 2.75) is 13.3 Å². The highest BCUT2D eigenvalue weighted by molar-refractivity contribution is 6.39. The summed E-state index contributed by atoms with van der Waals surface area (Å²) in [6.45, 7) is 3.94. The van der Waals surface area contributed by atoms with Gasteiger partial charge >= 0.3 is 11.8 Å². The second-order valence-corrected chi connectivity index (χ2v) is 4.37. The number of nitrogens with one attached hydrogen (secondary N) is 1. The molecule has 0 saturated carbocycles. The van der Waals surface area contributed by atoms with Crippen molar-refractivity contribution in [2.75, 3.05) is 31.6 Å². The van der Waals surface area contributed by atoms with E-state index < -0.39 is 11.8 Å². The first-order chi connectivity index (χ1) is 9.22. The maximum atomic E-state index is 12.0. The Bertz CT molecular complexity index is 468. The van der Waals surface area contributed by atoms with E-state index in [9.17, 15) is 9.59 Å². The van der Waals surface area contributed by atoms with Crippen LogP contribution in [-0.4, -0.2) is 43.0 Å². The van der Waals surface area contributed by atoms with Gasteiger partial charge in [0.15, 0.2) is 0 Å². The molecular formula is C14H18N2O3. The Labute approximate surface area is 112 Å². The first-order valence-corrected chi connectivity index (χ1v) is 6.48. The molecule has 2 rings (SSSR count). The number of carbonyl (C=O) groups is 2. The van der Waals surface area contributed by atoms with E-state index in [0.29, 0.717) is 32.0 Å². The summed E-state index contributed by atoms with van der Waals surface area (Å²) < 4.78 is 5.16. The number of anilines is 1. The standard InChI is InChI=1S/C14H18N2O3/c1-2-11-5-3-4-6-12(11)15-13(17)14(18)16-7-9-19-10-8-16/h3-6H,2,7-10H2,1H3,(H,15,17). The first-order valence-electron chi connectivity index (χ1n) is 6.48. The maximum Gasteiger partial charge on any atom is 0.313 e. The second-order valence-electron chi connectivity index (χ2n) is 4.37. The molecule has 1 heterocycles. The monoisotopic (exact) mass is 262 g/mol. The summed E-state index contributed by atoms with van der Waals surface area (Å²) in [6.07, 6.45) is 0.808. The summed E-state index contributed by atoms with van der Waals surface area (Å²) in [5.41, 5.74) is 1.72. The van der Waals surface area contributed by atoms with Crippen molar-refractivity contribution >= 4 is 17.5 Å². The van der Waals surface area contributed by atoms with Gasteiger partial charge in [-0.05, 0) is 18.1 Å². The SMILES string of the molecule is CCc1ccccc1NC(=O)C(=O)N1CCOCC1. The quantitative estimate of drug-likeness (QED) is 0.810. The molecule has 0 radical (unpaired) electrons. The minimum atomic E-state index is -0.581. The van der Waals surface area contributed by atoms with Crippen LogP contribution in [0.25, 0.3) is 0 Å². The molecule has 1 N–H and O–H groups in total. The van der Waals surface area contributed by atoms with Gasteiger partial charge < -0.3 is 15.0 Å². The van der Waals surface area contributed by atoms with E-state index >= 15 is 0 Å². The van der Waals surface area contributed by atoms with Crippen LogP contribution in [-0.2, 0) is 20.7 Å². The number of carbonyl (C=O) groups excluding carboxylic acids is 2. The van der Waals surface area contributed by atoms with Crippen LogP contribution >= 0.6 is 0 Å². The molecule has 5 nitrogen and oxygen atoms in total. The van der Waals surface area contributed by atoms with Gasteiger partial charge in [-0.2, -0.15) is 0 Å². The Kier molecular flexibility index (Phi) is 4.52. The van der Waals surface area contributed by atoms with Crippen LogP contribution in [0.5, 0.6) is 0 Å². The lowest BCUT2D eigenvalue weighted by Crippen LogP contribution is -2.45. The molecule has 0 unspecified atom stereocenters. The highest BCUT2D eigenvalue weighted by atomic mass is 16.5. The highest BCUT2D eigenvalue weighted by Crippen LogP contribution is 2.15. The minimum Gasteiger partial charge on any atom is -0.378 e. The number of morpholine rings is 1. The number of hydrogen-bond donors (Lipinski definition) is 1. The zero-order valence-electron chi connectivity index (χ0n) is 11.0. The molecule has 0 bridgehead atoms. The molecule has 0 atom stereocenters. The number of nitrogens with zero attached hydrogens (tertiary/aromatic N) is 1. The lowest BCUT2D eigenvalue weighted by molar-refractivity contribution is -0.145. The van der Waals surface area contributed by atoms with E-state index in [0.717, 1.165) is 12.0 Å². The van der Waals surface area contributed by atoms with Crippen molar-refractivity contribution < 1.29 is 14.3 Å². The van der Waals surface area contributed by atoms with E-state index in [1.54, 1.807) is 0 Å². The van der Waals surface area contributed by atoms with E-state index in [-0.39, 0.29) is 0 Å². The number of hydrogen-bond acceptors (Lipinski definition) is 3. The average Bonchev–Trinajstić information content (AvgIpc) is 2.48. The molecular weight excluding hydrogens is 244 g/mol. The third-order valence-electron chi connectivity index (χ3n) is 3.14. The molecule has 1 aliphatic rings. The van der Waals surface area contributed by atoms with E-state index in [2.05, 4.69) is 5.32 Å². The largest absolute Gasteiger partial charge is 0.378 e. The van der Waals surface area contributed by atoms with Crippen LogP contribution in [0.4, 0.5) is 5.69 Å². The normalized spacial score (nSPS) is 15.1. The fourth-order valence-electron chi connectivity index (χ4n) is 2.04. The van der Waals surface area contributed by atoms with Crippen molar-refractivity contribution in [2.24, 2.45) is 0 Å². The zero-order chi connectivity index (χ0) is 13.7. The summed E-state index contributed by atoms with van der Waals surface area (Å²) in [5, 5.41) is 2.69. The van der Waals surface area contributed by atoms with Crippen molar-refractivity contribution in [3.63, 3.8) is 0 Å². The van der Waals surface area contributed by atoms with E-state index in [1.807, 2.05) is 31.2 Å². The Morgan fingerprint density at radius 2 is 1.95 bits per heavy atom. The fourth-order valence-corrected chi connectivity index (χ4v) is 2.04. The lowest BCUT2D eigenvalue weighted by atomic mass is 10.1. The number of amides is 2. The van der Waals surface area contributed by atoms with Crippen molar-refractivity contribution in [1.29, 1.82) is 0 Å². The van der Waals surface area contributed by atoms with E-state index in [1.165, 1.54) is 4.90 Å². The summed E-state index contributed by atoms with van der Waals surface area (Å²) in [5.74, 6) is -1.07. The van der Waals surface area contributed by atoms with Gasteiger partial charge in [0, 0.05) is 18.8 Å². The van der Waals surface area contributed by atoms with Crippen LogP contribution in [0.15, 0.2) is 24.3 Å². The highest BCUT2D eigenvalue weighted by Gasteiger charge is 2.23. The zero-order valence-corrected chi connectivity index (χ0v) is 11.0. The molecule has 1 aliphatic heterocycles. The molecule has 1 fully saturated rings. The molecule has 1 aromatic carbocycles. The molecule has 0 aromatic heterocycles. The van der Waals surface area contributed by atoms with Gasteiger partial charge in [-0.15, -0.1) is 0 Å². The summed E-state index contributed by atoms with van der Waals surface area (Å²) in [6, 6.07) is 7.50. The predicted molar refractivity (Wildman–Crippen MR) is 71.8 cm³/mol. The molecule has 1 aromatic rings. The third-order valence-corrected chi connectivity index (χ3v) is 3.14. The molecule has 0 aliphatic carbocycles. The van der Waals surface area contributed by atoms with Crippen LogP contribution in [0.2, 0.25) is 0 Å². The Morgan fingerprint density at radius 3 is 2.63 bits per heavy atom. The number of para-hydroxylation sites is 1. The third kappa shape index (κ3) is 3.32. The Morgan fingerprint density at radius 1 is 1.26 bits per heavy atom. The number of aryl methyl sites for hydroxylation is 1. The van der Waals surface area contributed by atoms with Crippen molar-refractivity contribution in [1.82, 2.24) is 4.90 Å². The van der Waals surface area contributed by atoms with Crippen molar-refractivity contribution in [3.05, 3.63) is 29.8 Å². The Balaban J connectivity index is 2.01. The number of benzene rings is 1. The molecule has 5 heteroatoms. The minimum absolute atomic E-state index is 0.474. The second kappa shape index (κ2) is 6.33. The van der Waals surface area contributed by atoms with Gasteiger partial charge in [-0.3, -0.25) is 9.59 Å². The molecule has 1 saturated heterocycles. The van der Waals surface area contributed by atoms with Gasteiger partial charge in [0.1, 0.15) is 0 Å². The van der Waals surface area contributed by atoms with Gasteiger partial charge in [0.2, 0.25) is 0 Å². The summed E-state index contributed by atoms with van der Waals surface area (Å²) >= 11 is 0. The maximum absolute atomic E-state index is 12.0. The van der Waals surface area contributed by atoms with Gasteiger partial charge in [0.05, 0.1) is 13.2 Å². The van der Waals surface area contributed by atoms with Gasteiger partial charge in [-0.25, -0.2) is 0 Å². The Hall–Kier alpha value is -1.88. The number of ether oxygens (including phenoxy) is 1. The summed E-state index contributed by atoms with van der Waals surface area (Å²) in [7, 11) is 0. The van der Waals surface area contributed by atoms with Crippen LogP contribution < -0.4 is 5.32 Å². The smallest absolute Gasteiger partial charge is 0.313 e. The average molecular weight is 262 g/mol. The fraction of sp³-hybridized carbons (Fsp3) is 0.429. The predicted octanol–water partition coefficient (Wildman–Crippen LogP) is 1.05. The molecule has 2 amide bonds. The topological polar surface area (TPSA) is 58.6 Å². The van der Waals surface area contributed by atoms with Crippen LogP contribution in [0.1, 0.15) is 12.5 Å². The summed E-state index contributed by atoms with van der Waals surface area (Å²) in [4.78, 5) is 25.4. The molecule has 19 heavy (non-hydrogen) atoms. The molecule has 102 valence electrons. The van der Waals surface area contributed by atoms with Gasteiger partial charge in [-0.1, -0.05) is 25.1 Å². The number of rotatable bonds is 2. The first kappa shape index (κ1) is 13.5. The van der Waals surface area contributed by atoms with E-state index in [4.69, 9.17) is 4.74 Å². The lowest BCUT2D eigenvalue weighted by Gasteiger charge is -2.26. The van der Waals surface area contributed by atoms with Crippen LogP contribution in [0.3, 0.4) is 0 Å². The van der Waals surface area contributed by atoms with Gasteiger partial charge in [0.25, 0.3) is 0 Å². The molecule has 0 spiro atoms. The van der Waals surface area contributed by atoms with Crippen LogP contribution in [0, 0.1) is 0 Å². The van der Waals surface area contributed by atoms with Crippen molar-refractivity contribution in [3.8, 4) is 0 Å².